The van der Waals surface area contributed by atoms with E-state index in [1.165, 1.54) is 17.4 Å². The molecule has 1 amide bonds. The van der Waals surface area contributed by atoms with E-state index in [0.29, 0.717) is 17.7 Å². The van der Waals surface area contributed by atoms with Gasteiger partial charge >= 0.3 is 0 Å². The van der Waals surface area contributed by atoms with E-state index in [0.717, 1.165) is 25.9 Å². The number of nitrogens with zero attached hydrogens (tertiary/aromatic N) is 1. The third-order valence-electron chi connectivity index (χ3n) is 5.26. The first kappa shape index (κ1) is 20.6. The van der Waals surface area contributed by atoms with Gasteiger partial charge in [-0.25, -0.2) is 8.42 Å². The molecule has 1 aliphatic rings. The lowest BCUT2D eigenvalue weighted by atomic mass is 9.98. The van der Waals surface area contributed by atoms with Crippen LogP contribution in [0.2, 0.25) is 0 Å². The van der Waals surface area contributed by atoms with Crippen LogP contribution in [0.5, 0.6) is 0 Å². The van der Waals surface area contributed by atoms with E-state index in [2.05, 4.69) is 41.4 Å². The van der Waals surface area contributed by atoms with E-state index in [1.54, 1.807) is 24.3 Å². The fourth-order valence-electron chi connectivity index (χ4n) is 3.78. The Bertz CT molecular complexity index is 940. The summed E-state index contributed by atoms with van der Waals surface area (Å²) in [5.41, 5.74) is 3.92. The average molecular weight is 401 g/mol. The molecule has 0 radical (unpaired) electrons. The van der Waals surface area contributed by atoms with Crippen molar-refractivity contribution in [1.82, 2.24) is 10.2 Å². The molecule has 3 rings (SSSR count). The highest BCUT2D eigenvalue weighted by Gasteiger charge is 2.22. The van der Waals surface area contributed by atoms with E-state index in [1.807, 2.05) is 0 Å². The van der Waals surface area contributed by atoms with Gasteiger partial charge in [0.1, 0.15) is 0 Å². The van der Waals surface area contributed by atoms with Crippen LogP contribution in [-0.4, -0.2) is 44.6 Å². The first-order valence-corrected chi connectivity index (χ1v) is 11.8. The van der Waals surface area contributed by atoms with E-state index in [4.69, 9.17) is 0 Å². The molecule has 5 nitrogen and oxygen atoms in total. The summed E-state index contributed by atoms with van der Waals surface area (Å²) in [6.45, 7) is 4.63. The third kappa shape index (κ3) is 5.42. The predicted octanol–water partition coefficient (Wildman–Crippen LogP) is 2.80. The minimum absolute atomic E-state index is 0.0567. The second kappa shape index (κ2) is 8.88. The van der Waals surface area contributed by atoms with Crippen LogP contribution in [0.1, 0.15) is 40.4 Å². The predicted molar refractivity (Wildman–Crippen MR) is 112 cm³/mol. The van der Waals surface area contributed by atoms with Gasteiger partial charge in [-0.1, -0.05) is 43.3 Å². The van der Waals surface area contributed by atoms with Crippen molar-refractivity contribution in [2.45, 2.75) is 38.1 Å². The Hall–Kier alpha value is -2.18. The van der Waals surface area contributed by atoms with Gasteiger partial charge in [-0.05, 0) is 41.7 Å². The number of benzene rings is 2. The number of hydrogen-bond acceptors (Lipinski definition) is 4. The monoisotopic (exact) mass is 400 g/mol. The number of fused-ring (bicyclic) bond motifs is 1. The Morgan fingerprint density at radius 1 is 1.14 bits per heavy atom. The van der Waals surface area contributed by atoms with Crippen molar-refractivity contribution < 1.29 is 13.2 Å². The molecular formula is C22H28N2O3S. The van der Waals surface area contributed by atoms with Crippen LogP contribution in [0.15, 0.2) is 48.5 Å². The van der Waals surface area contributed by atoms with E-state index in [9.17, 15) is 13.2 Å². The Balaban J connectivity index is 1.61. The van der Waals surface area contributed by atoms with Crippen LogP contribution in [0, 0.1) is 0 Å². The molecule has 6 heteroatoms. The number of carbonyl (C=O) groups is 1. The third-order valence-corrected chi connectivity index (χ3v) is 6.12. The number of nitrogens with one attached hydrogen (secondary N) is 1. The molecule has 1 N–H and O–H groups in total. The van der Waals surface area contributed by atoms with Crippen molar-refractivity contribution in [2.75, 3.05) is 19.3 Å². The van der Waals surface area contributed by atoms with Crippen LogP contribution in [0.4, 0.5) is 0 Å². The quantitative estimate of drug-likeness (QED) is 0.776. The van der Waals surface area contributed by atoms with Crippen LogP contribution < -0.4 is 5.32 Å². The largest absolute Gasteiger partial charge is 0.350 e. The first-order chi connectivity index (χ1) is 13.4. The summed E-state index contributed by atoms with van der Waals surface area (Å²) in [6.07, 6.45) is 3.19. The number of amides is 1. The van der Waals surface area contributed by atoms with Crippen molar-refractivity contribution in [2.24, 2.45) is 0 Å². The van der Waals surface area contributed by atoms with Crippen LogP contribution in [0.25, 0.3) is 0 Å². The van der Waals surface area contributed by atoms with Gasteiger partial charge in [-0.15, -0.1) is 0 Å². The molecule has 0 saturated heterocycles. The summed E-state index contributed by atoms with van der Waals surface area (Å²) in [7, 11) is -3.13. The maximum absolute atomic E-state index is 12.6. The Labute approximate surface area is 167 Å². The fourth-order valence-corrected chi connectivity index (χ4v) is 4.56. The van der Waals surface area contributed by atoms with Crippen molar-refractivity contribution in [3.05, 3.63) is 70.8 Å². The minimum atomic E-state index is -3.13. The zero-order valence-electron chi connectivity index (χ0n) is 16.5. The molecule has 0 fully saturated rings. The van der Waals surface area contributed by atoms with Gasteiger partial charge in [0, 0.05) is 37.5 Å². The Kier molecular flexibility index (Phi) is 6.52. The zero-order chi connectivity index (χ0) is 20.1. The van der Waals surface area contributed by atoms with Gasteiger partial charge in [-0.2, -0.15) is 0 Å². The van der Waals surface area contributed by atoms with E-state index in [-0.39, 0.29) is 17.7 Å². The number of sulfone groups is 1. The van der Waals surface area contributed by atoms with Gasteiger partial charge in [0.15, 0.2) is 9.84 Å². The molecule has 1 heterocycles. The van der Waals surface area contributed by atoms with Crippen LogP contribution >= 0.6 is 0 Å². The van der Waals surface area contributed by atoms with Crippen LogP contribution in [-0.2, 0) is 28.6 Å². The van der Waals surface area contributed by atoms with Crippen molar-refractivity contribution in [1.29, 1.82) is 0 Å². The first-order valence-electron chi connectivity index (χ1n) is 9.71. The van der Waals surface area contributed by atoms with Crippen molar-refractivity contribution in [3.63, 3.8) is 0 Å². The van der Waals surface area contributed by atoms with Gasteiger partial charge in [0.2, 0.25) is 0 Å². The number of rotatable bonds is 7. The minimum Gasteiger partial charge on any atom is -0.350 e. The lowest BCUT2D eigenvalue weighted by Gasteiger charge is -2.35. The summed E-state index contributed by atoms with van der Waals surface area (Å²) in [5, 5.41) is 3.03. The SMILES string of the molecule is CCC(CNC(=O)c1cccc(CS(C)(=O)=O)c1)N1CCc2ccccc2C1. The van der Waals surface area contributed by atoms with Crippen LogP contribution in [0.3, 0.4) is 0 Å². The summed E-state index contributed by atoms with van der Waals surface area (Å²) < 4.78 is 23.0. The normalized spacial score (nSPS) is 15.6. The zero-order valence-corrected chi connectivity index (χ0v) is 17.3. The lowest BCUT2D eigenvalue weighted by molar-refractivity contribution is 0.0926. The molecule has 1 atom stereocenters. The molecular weight excluding hydrogens is 372 g/mol. The summed E-state index contributed by atoms with van der Waals surface area (Å²) in [4.78, 5) is 15.0. The highest BCUT2D eigenvalue weighted by molar-refractivity contribution is 7.89. The van der Waals surface area contributed by atoms with Gasteiger partial charge in [0.25, 0.3) is 5.91 Å². The summed E-state index contributed by atoms with van der Waals surface area (Å²) in [5.74, 6) is -0.218. The maximum Gasteiger partial charge on any atom is 0.251 e. The second-order valence-corrected chi connectivity index (χ2v) is 9.67. The highest BCUT2D eigenvalue weighted by atomic mass is 32.2. The molecule has 0 bridgehead atoms. The standard InChI is InChI=1S/C22H28N2O3S/c1-3-21(24-12-11-18-8-4-5-9-20(18)15-24)14-23-22(25)19-10-6-7-17(13-19)16-28(2,26)27/h4-10,13,21H,3,11-12,14-16H2,1-2H3,(H,23,25). The molecule has 0 aliphatic carbocycles. The van der Waals surface area contributed by atoms with E-state index >= 15 is 0 Å². The molecule has 0 aromatic heterocycles. The molecule has 0 saturated carbocycles. The highest BCUT2D eigenvalue weighted by Crippen LogP contribution is 2.21. The molecule has 1 unspecified atom stereocenters. The fraction of sp³-hybridized carbons (Fsp3) is 0.409. The molecule has 150 valence electrons. The number of carbonyl (C=O) groups excluding carboxylic acids is 1. The van der Waals surface area contributed by atoms with Gasteiger partial charge in [0.05, 0.1) is 5.75 Å². The number of hydrogen-bond donors (Lipinski definition) is 1. The topological polar surface area (TPSA) is 66.5 Å². The molecule has 1 aliphatic heterocycles. The Morgan fingerprint density at radius 2 is 1.89 bits per heavy atom. The van der Waals surface area contributed by atoms with Gasteiger partial charge in [-0.3, -0.25) is 9.69 Å². The molecule has 2 aromatic carbocycles. The maximum atomic E-state index is 12.6. The molecule has 28 heavy (non-hydrogen) atoms. The summed E-state index contributed by atoms with van der Waals surface area (Å²) >= 11 is 0. The smallest absolute Gasteiger partial charge is 0.251 e. The van der Waals surface area contributed by atoms with Crippen molar-refractivity contribution in [3.8, 4) is 0 Å². The summed E-state index contributed by atoms with van der Waals surface area (Å²) in [6, 6.07) is 15.7. The van der Waals surface area contributed by atoms with Crippen molar-refractivity contribution >= 4 is 15.7 Å². The molecule has 0 spiro atoms. The van der Waals surface area contributed by atoms with Gasteiger partial charge < -0.3 is 5.32 Å². The lowest BCUT2D eigenvalue weighted by Crippen LogP contribution is -2.45. The Morgan fingerprint density at radius 3 is 2.61 bits per heavy atom. The second-order valence-electron chi connectivity index (χ2n) is 7.53. The van der Waals surface area contributed by atoms with E-state index < -0.39 is 9.84 Å². The average Bonchev–Trinajstić information content (AvgIpc) is 2.67. The molecule has 2 aromatic rings.